The lowest BCUT2D eigenvalue weighted by molar-refractivity contribution is 0.0669. The monoisotopic (exact) mass is 293 g/mol. The Morgan fingerprint density at radius 3 is 2.67 bits per heavy atom. The zero-order valence-electron chi connectivity index (χ0n) is 12.9. The van der Waals surface area contributed by atoms with Gasteiger partial charge in [-0.05, 0) is 49.8 Å². The van der Waals surface area contributed by atoms with Gasteiger partial charge in [-0.2, -0.15) is 0 Å². The molecule has 0 unspecified atom stereocenters. The molecule has 1 aliphatic carbocycles. The normalized spacial score (nSPS) is 22.5. The van der Waals surface area contributed by atoms with Crippen molar-refractivity contribution in [1.82, 2.24) is 4.90 Å². The van der Waals surface area contributed by atoms with Gasteiger partial charge in [-0.3, -0.25) is 4.90 Å². The molecule has 1 saturated carbocycles. The highest BCUT2D eigenvalue weighted by molar-refractivity contribution is 5.28. The predicted octanol–water partition coefficient (Wildman–Crippen LogP) is 2.18. The van der Waals surface area contributed by atoms with Crippen molar-refractivity contribution < 1.29 is 14.9 Å². The summed E-state index contributed by atoms with van der Waals surface area (Å²) in [5.41, 5.74) is 1.23. The molecule has 0 aromatic heterocycles. The molecule has 2 N–H and O–H groups in total. The second kappa shape index (κ2) is 8.37. The molecule has 0 amide bonds. The van der Waals surface area contributed by atoms with Gasteiger partial charge in [0, 0.05) is 25.7 Å². The van der Waals surface area contributed by atoms with E-state index in [2.05, 4.69) is 17.0 Å². The van der Waals surface area contributed by atoms with Crippen molar-refractivity contribution in [2.24, 2.45) is 0 Å². The number of rotatable bonds is 7. The van der Waals surface area contributed by atoms with Crippen LogP contribution in [0.25, 0.3) is 0 Å². The standard InChI is InChI=1S/C17H27NO3/c1-21-17-5-2-4-14(12-17)13-18(10-3-11-19)15-6-8-16(20)9-7-15/h2,4-5,12,15-16,19-20H,3,6-11,13H2,1H3. The van der Waals surface area contributed by atoms with E-state index in [9.17, 15) is 5.11 Å². The van der Waals surface area contributed by atoms with Gasteiger partial charge in [0.2, 0.25) is 0 Å². The Bertz CT molecular complexity index is 416. The molecule has 0 atom stereocenters. The largest absolute Gasteiger partial charge is 0.497 e. The summed E-state index contributed by atoms with van der Waals surface area (Å²) in [6, 6.07) is 8.67. The maximum Gasteiger partial charge on any atom is 0.119 e. The maximum absolute atomic E-state index is 9.67. The fourth-order valence-electron chi connectivity index (χ4n) is 3.09. The zero-order chi connectivity index (χ0) is 15.1. The summed E-state index contributed by atoms with van der Waals surface area (Å²) in [5.74, 6) is 0.883. The van der Waals surface area contributed by atoms with Crippen LogP contribution in [0.2, 0.25) is 0 Å². The van der Waals surface area contributed by atoms with Crippen molar-refractivity contribution in [3.63, 3.8) is 0 Å². The average molecular weight is 293 g/mol. The van der Waals surface area contributed by atoms with Gasteiger partial charge in [0.1, 0.15) is 5.75 Å². The van der Waals surface area contributed by atoms with Gasteiger partial charge in [0.15, 0.2) is 0 Å². The summed E-state index contributed by atoms with van der Waals surface area (Å²) in [5, 5.41) is 18.8. The van der Waals surface area contributed by atoms with Crippen molar-refractivity contribution in [3.05, 3.63) is 29.8 Å². The molecule has 1 aromatic rings. The molecule has 21 heavy (non-hydrogen) atoms. The number of aliphatic hydroxyl groups is 2. The molecule has 4 nitrogen and oxygen atoms in total. The lowest BCUT2D eigenvalue weighted by atomic mass is 9.91. The first kappa shape index (κ1) is 16.3. The molecule has 0 aliphatic heterocycles. The van der Waals surface area contributed by atoms with Gasteiger partial charge in [0.05, 0.1) is 13.2 Å². The Kier molecular flexibility index (Phi) is 6.49. The Labute approximate surface area is 127 Å². The highest BCUT2D eigenvalue weighted by atomic mass is 16.5. The Hall–Kier alpha value is -1.10. The van der Waals surface area contributed by atoms with E-state index >= 15 is 0 Å². The van der Waals surface area contributed by atoms with E-state index in [1.807, 2.05) is 12.1 Å². The quantitative estimate of drug-likeness (QED) is 0.809. The van der Waals surface area contributed by atoms with Gasteiger partial charge in [-0.1, -0.05) is 12.1 Å². The van der Waals surface area contributed by atoms with Gasteiger partial charge in [0.25, 0.3) is 0 Å². The van der Waals surface area contributed by atoms with Crippen molar-refractivity contribution in [2.45, 2.75) is 50.8 Å². The molecule has 2 rings (SSSR count). The minimum absolute atomic E-state index is 0.127. The lowest BCUT2D eigenvalue weighted by Crippen LogP contribution is -2.39. The molecule has 1 aromatic carbocycles. The van der Waals surface area contributed by atoms with Crippen molar-refractivity contribution in [2.75, 3.05) is 20.3 Å². The molecule has 4 heteroatoms. The van der Waals surface area contributed by atoms with Crippen LogP contribution in [0.3, 0.4) is 0 Å². The smallest absolute Gasteiger partial charge is 0.119 e. The van der Waals surface area contributed by atoms with E-state index in [-0.39, 0.29) is 12.7 Å². The third-order valence-electron chi connectivity index (χ3n) is 4.31. The number of ether oxygens (including phenoxy) is 1. The fourth-order valence-corrected chi connectivity index (χ4v) is 3.09. The van der Waals surface area contributed by atoms with Crippen LogP contribution in [-0.2, 0) is 6.54 Å². The van der Waals surface area contributed by atoms with E-state index in [0.29, 0.717) is 6.04 Å². The number of aliphatic hydroxyl groups excluding tert-OH is 2. The first-order chi connectivity index (χ1) is 10.2. The molecule has 0 heterocycles. The average Bonchev–Trinajstić information content (AvgIpc) is 2.52. The lowest BCUT2D eigenvalue weighted by Gasteiger charge is -2.35. The highest BCUT2D eigenvalue weighted by Crippen LogP contribution is 2.25. The number of benzene rings is 1. The van der Waals surface area contributed by atoms with E-state index in [1.165, 1.54) is 5.56 Å². The molecule has 1 aliphatic rings. The van der Waals surface area contributed by atoms with Crippen molar-refractivity contribution >= 4 is 0 Å². The second-order valence-corrected chi connectivity index (χ2v) is 5.86. The molecule has 0 saturated heterocycles. The molecule has 118 valence electrons. The van der Waals surface area contributed by atoms with Crippen LogP contribution in [0.4, 0.5) is 0 Å². The first-order valence-electron chi connectivity index (χ1n) is 7.89. The van der Waals surface area contributed by atoms with Gasteiger partial charge in [-0.25, -0.2) is 0 Å². The van der Waals surface area contributed by atoms with Crippen molar-refractivity contribution in [1.29, 1.82) is 0 Å². The molecular formula is C17H27NO3. The minimum atomic E-state index is -0.127. The Balaban J connectivity index is 2.01. The summed E-state index contributed by atoms with van der Waals surface area (Å²) in [4.78, 5) is 2.44. The highest BCUT2D eigenvalue weighted by Gasteiger charge is 2.24. The topological polar surface area (TPSA) is 52.9 Å². The molecule has 0 bridgehead atoms. The van der Waals surface area contributed by atoms with Crippen LogP contribution >= 0.6 is 0 Å². The summed E-state index contributed by atoms with van der Waals surface area (Å²) < 4.78 is 5.29. The van der Waals surface area contributed by atoms with E-state index in [4.69, 9.17) is 9.84 Å². The number of hydrogen-bond acceptors (Lipinski definition) is 4. The van der Waals surface area contributed by atoms with Crippen LogP contribution in [0, 0.1) is 0 Å². The van der Waals surface area contributed by atoms with Crippen molar-refractivity contribution in [3.8, 4) is 5.75 Å². The van der Waals surface area contributed by atoms with Crippen LogP contribution in [0.15, 0.2) is 24.3 Å². The third kappa shape index (κ3) is 4.99. The molecular weight excluding hydrogens is 266 g/mol. The van der Waals surface area contributed by atoms with Crippen LogP contribution in [0.5, 0.6) is 5.75 Å². The SMILES string of the molecule is COc1cccc(CN(CCCO)C2CCC(O)CC2)c1. The van der Waals surface area contributed by atoms with Crippen LogP contribution in [-0.4, -0.2) is 47.5 Å². The number of methoxy groups -OCH3 is 1. The van der Waals surface area contributed by atoms with E-state index in [0.717, 1.165) is 50.9 Å². The summed E-state index contributed by atoms with van der Waals surface area (Å²) in [6.07, 6.45) is 4.52. The Morgan fingerprint density at radius 2 is 2.00 bits per heavy atom. The zero-order valence-corrected chi connectivity index (χ0v) is 12.9. The van der Waals surface area contributed by atoms with Gasteiger partial charge in [-0.15, -0.1) is 0 Å². The fraction of sp³-hybridized carbons (Fsp3) is 0.647. The predicted molar refractivity (Wildman–Crippen MR) is 83.4 cm³/mol. The van der Waals surface area contributed by atoms with Gasteiger partial charge >= 0.3 is 0 Å². The van der Waals surface area contributed by atoms with Gasteiger partial charge < -0.3 is 14.9 Å². The second-order valence-electron chi connectivity index (χ2n) is 5.86. The summed E-state index contributed by atoms with van der Waals surface area (Å²) in [7, 11) is 1.69. The minimum Gasteiger partial charge on any atom is -0.497 e. The van der Waals surface area contributed by atoms with Crippen LogP contribution in [0.1, 0.15) is 37.7 Å². The third-order valence-corrected chi connectivity index (χ3v) is 4.31. The Morgan fingerprint density at radius 1 is 1.24 bits per heavy atom. The summed E-state index contributed by atoms with van der Waals surface area (Å²) >= 11 is 0. The first-order valence-corrected chi connectivity index (χ1v) is 7.89. The summed E-state index contributed by atoms with van der Waals surface area (Å²) in [6.45, 7) is 2.00. The molecule has 1 fully saturated rings. The van der Waals surface area contributed by atoms with E-state index < -0.39 is 0 Å². The van der Waals surface area contributed by atoms with Crippen LogP contribution < -0.4 is 4.74 Å². The molecule has 0 radical (unpaired) electrons. The number of nitrogens with zero attached hydrogens (tertiary/aromatic N) is 1. The molecule has 0 spiro atoms. The number of hydrogen-bond donors (Lipinski definition) is 2. The maximum atomic E-state index is 9.67. The van der Waals surface area contributed by atoms with E-state index in [1.54, 1.807) is 7.11 Å².